The molecule has 0 aliphatic carbocycles. The number of halogens is 1. The first kappa shape index (κ1) is 16.1. The molecule has 0 aliphatic rings. The lowest BCUT2D eigenvalue weighted by atomic mass is 9.95. The molecule has 116 valence electrons. The van der Waals surface area contributed by atoms with Gasteiger partial charge in [0.1, 0.15) is 5.82 Å². The van der Waals surface area contributed by atoms with Gasteiger partial charge >= 0.3 is 0 Å². The summed E-state index contributed by atoms with van der Waals surface area (Å²) in [6, 6.07) is 10.0. The summed E-state index contributed by atoms with van der Waals surface area (Å²) in [5, 5.41) is 2.69. The van der Waals surface area contributed by atoms with Gasteiger partial charge in [-0.1, -0.05) is 19.9 Å². The van der Waals surface area contributed by atoms with E-state index in [0.717, 1.165) is 12.8 Å². The van der Waals surface area contributed by atoms with E-state index in [4.69, 9.17) is 0 Å². The van der Waals surface area contributed by atoms with Crippen molar-refractivity contribution in [3.05, 3.63) is 60.2 Å². The van der Waals surface area contributed by atoms with E-state index < -0.39 is 0 Å². The van der Waals surface area contributed by atoms with Gasteiger partial charge in [0.15, 0.2) is 12.4 Å². The molecule has 1 amide bonds. The van der Waals surface area contributed by atoms with Crippen LogP contribution in [-0.4, -0.2) is 5.91 Å². The van der Waals surface area contributed by atoms with Crippen molar-refractivity contribution in [2.75, 3.05) is 5.32 Å². The number of benzene rings is 1. The van der Waals surface area contributed by atoms with E-state index in [2.05, 4.69) is 31.3 Å². The lowest BCUT2D eigenvalue weighted by Gasteiger charge is -2.11. The van der Waals surface area contributed by atoms with E-state index in [1.165, 1.54) is 17.7 Å². The fraction of sp³-hybridized carbons (Fsp3) is 0.333. The number of amides is 1. The Labute approximate surface area is 130 Å². The zero-order chi connectivity index (χ0) is 15.9. The minimum Gasteiger partial charge on any atom is -0.320 e. The molecular formula is C18H22FN2O+. The van der Waals surface area contributed by atoms with Crippen molar-refractivity contribution in [1.29, 1.82) is 0 Å². The Morgan fingerprint density at radius 2 is 1.86 bits per heavy atom. The molecule has 1 N–H and O–H groups in total. The van der Waals surface area contributed by atoms with Crippen LogP contribution in [0.5, 0.6) is 0 Å². The highest BCUT2D eigenvalue weighted by Gasteiger charge is 2.12. The first-order chi connectivity index (χ1) is 10.6. The van der Waals surface area contributed by atoms with E-state index in [0.29, 0.717) is 11.6 Å². The minimum atomic E-state index is -0.361. The molecule has 1 heterocycles. The average molecular weight is 301 g/mol. The van der Waals surface area contributed by atoms with Crippen LogP contribution in [0.25, 0.3) is 0 Å². The number of pyridine rings is 1. The van der Waals surface area contributed by atoms with E-state index in [-0.39, 0.29) is 18.3 Å². The normalized spacial score (nSPS) is 10.7. The Kier molecular flexibility index (Phi) is 5.64. The quantitative estimate of drug-likeness (QED) is 0.812. The third kappa shape index (κ3) is 4.38. The SMILES string of the molecule is CCC(CC)c1cc[n+](CC(=O)Nc2cccc(F)c2)cc1. The van der Waals surface area contributed by atoms with Crippen molar-refractivity contribution in [1.82, 2.24) is 0 Å². The lowest BCUT2D eigenvalue weighted by Crippen LogP contribution is -2.39. The monoisotopic (exact) mass is 301 g/mol. The van der Waals surface area contributed by atoms with Gasteiger partial charge in [0.05, 0.1) is 0 Å². The molecule has 1 aromatic carbocycles. The van der Waals surface area contributed by atoms with E-state index in [9.17, 15) is 9.18 Å². The fourth-order valence-corrected chi connectivity index (χ4v) is 2.54. The smallest absolute Gasteiger partial charge is 0.290 e. The molecule has 1 aromatic heterocycles. The van der Waals surface area contributed by atoms with Gasteiger partial charge in [-0.15, -0.1) is 0 Å². The second kappa shape index (κ2) is 7.69. The number of hydrogen-bond acceptors (Lipinski definition) is 1. The number of aromatic nitrogens is 1. The van der Waals surface area contributed by atoms with Crippen LogP contribution in [0.3, 0.4) is 0 Å². The van der Waals surface area contributed by atoms with Gasteiger partial charge in [0, 0.05) is 17.8 Å². The molecule has 0 spiro atoms. The zero-order valence-electron chi connectivity index (χ0n) is 13.1. The first-order valence-electron chi connectivity index (χ1n) is 7.66. The molecule has 22 heavy (non-hydrogen) atoms. The number of anilines is 1. The standard InChI is InChI=1S/C18H21FN2O/c1-3-14(4-2)15-8-10-21(11-9-15)13-18(22)20-17-7-5-6-16(19)12-17/h5-12,14H,3-4,13H2,1-2H3/p+1. The second-order valence-electron chi connectivity index (χ2n) is 5.38. The third-order valence-corrected chi connectivity index (χ3v) is 3.81. The topological polar surface area (TPSA) is 33.0 Å². The summed E-state index contributed by atoms with van der Waals surface area (Å²) in [5.74, 6) is 0.0293. The van der Waals surface area contributed by atoms with Gasteiger partial charge in [0.2, 0.25) is 6.54 Å². The fourth-order valence-electron chi connectivity index (χ4n) is 2.54. The number of rotatable bonds is 6. The molecule has 0 fully saturated rings. The van der Waals surface area contributed by atoms with Crippen LogP contribution in [0, 0.1) is 5.82 Å². The first-order valence-corrected chi connectivity index (χ1v) is 7.66. The van der Waals surface area contributed by atoms with Crippen molar-refractivity contribution >= 4 is 11.6 Å². The van der Waals surface area contributed by atoms with Crippen LogP contribution >= 0.6 is 0 Å². The maximum Gasteiger partial charge on any atom is 0.290 e. The van der Waals surface area contributed by atoms with Gasteiger partial charge in [-0.3, -0.25) is 4.79 Å². The summed E-state index contributed by atoms with van der Waals surface area (Å²) in [4.78, 5) is 12.0. The maximum absolute atomic E-state index is 13.1. The number of nitrogens with zero attached hydrogens (tertiary/aromatic N) is 1. The number of nitrogens with one attached hydrogen (secondary N) is 1. The van der Waals surface area contributed by atoms with Crippen LogP contribution in [0.4, 0.5) is 10.1 Å². The second-order valence-corrected chi connectivity index (χ2v) is 5.38. The Bertz CT molecular complexity index is 621. The highest BCUT2D eigenvalue weighted by molar-refractivity contribution is 5.89. The minimum absolute atomic E-state index is 0.175. The molecule has 2 aromatic rings. The Morgan fingerprint density at radius 3 is 2.45 bits per heavy atom. The van der Waals surface area contributed by atoms with Gasteiger partial charge in [-0.2, -0.15) is 4.57 Å². The largest absolute Gasteiger partial charge is 0.320 e. The summed E-state index contributed by atoms with van der Waals surface area (Å²) < 4.78 is 14.9. The molecule has 0 saturated heterocycles. The highest BCUT2D eigenvalue weighted by atomic mass is 19.1. The molecule has 0 bridgehead atoms. The summed E-state index contributed by atoms with van der Waals surface area (Å²) in [5.41, 5.74) is 1.77. The van der Waals surface area contributed by atoms with Gasteiger partial charge in [0.25, 0.3) is 5.91 Å². The molecular weight excluding hydrogens is 279 g/mol. The van der Waals surface area contributed by atoms with Crippen molar-refractivity contribution in [2.45, 2.75) is 39.2 Å². The summed E-state index contributed by atoms with van der Waals surface area (Å²) in [6.45, 7) is 4.57. The Hall–Kier alpha value is -2.23. The molecule has 0 saturated carbocycles. The van der Waals surface area contributed by atoms with E-state index >= 15 is 0 Å². The van der Waals surface area contributed by atoms with Gasteiger partial charge in [-0.05, 0) is 42.5 Å². The summed E-state index contributed by atoms with van der Waals surface area (Å²) in [6.07, 6.45) is 6.05. The van der Waals surface area contributed by atoms with E-state index in [1.807, 2.05) is 17.0 Å². The summed E-state index contributed by atoms with van der Waals surface area (Å²) >= 11 is 0. The zero-order valence-corrected chi connectivity index (χ0v) is 13.1. The molecule has 0 atom stereocenters. The van der Waals surface area contributed by atoms with E-state index in [1.54, 1.807) is 12.1 Å². The molecule has 2 rings (SSSR count). The molecule has 0 unspecified atom stereocenters. The van der Waals surface area contributed by atoms with Crippen LogP contribution in [0.2, 0.25) is 0 Å². The van der Waals surface area contributed by atoms with Crippen LogP contribution < -0.4 is 9.88 Å². The molecule has 3 nitrogen and oxygen atoms in total. The molecule has 0 radical (unpaired) electrons. The van der Waals surface area contributed by atoms with Crippen LogP contribution in [0.15, 0.2) is 48.8 Å². The molecule has 4 heteroatoms. The average Bonchev–Trinajstić information content (AvgIpc) is 2.50. The highest BCUT2D eigenvalue weighted by Crippen LogP contribution is 2.21. The van der Waals surface area contributed by atoms with Crippen molar-refractivity contribution in [3.8, 4) is 0 Å². The number of hydrogen-bond donors (Lipinski definition) is 1. The third-order valence-electron chi connectivity index (χ3n) is 3.81. The van der Waals surface area contributed by atoms with Crippen LogP contribution in [-0.2, 0) is 11.3 Å². The maximum atomic E-state index is 13.1. The Morgan fingerprint density at radius 1 is 1.18 bits per heavy atom. The number of carbonyl (C=O) groups is 1. The van der Waals surface area contributed by atoms with Crippen molar-refractivity contribution in [2.24, 2.45) is 0 Å². The van der Waals surface area contributed by atoms with Gasteiger partial charge in [-0.25, -0.2) is 4.39 Å². The predicted molar refractivity (Wildman–Crippen MR) is 85.0 cm³/mol. The lowest BCUT2D eigenvalue weighted by molar-refractivity contribution is -0.684. The Balaban J connectivity index is 1.97. The number of carbonyl (C=O) groups excluding carboxylic acids is 1. The molecule has 0 aliphatic heterocycles. The van der Waals surface area contributed by atoms with Crippen molar-refractivity contribution < 1.29 is 13.8 Å². The van der Waals surface area contributed by atoms with Gasteiger partial charge < -0.3 is 5.32 Å². The van der Waals surface area contributed by atoms with Crippen molar-refractivity contribution in [3.63, 3.8) is 0 Å². The van der Waals surface area contributed by atoms with Crippen LogP contribution in [0.1, 0.15) is 38.2 Å². The summed E-state index contributed by atoms with van der Waals surface area (Å²) in [7, 11) is 0. The predicted octanol–water partition coefficient (Wildman–Crippen LogP) is 3.66.